The van der Waals surface area contributed by atoms with Crippen molar-refractivity contribution < 1.29 is 9.90 Å². The van der Waals surface area contributed by atoms with E-state index in [0.717, 1.165) is 12.1 Å². The molecule has 1 aliphatic rings. The van der Waals surface area contributed by atoms with Crippen LogP contribution in [0.1, 0.15) is 51.6 Å². The van der Waals surface area contributed by atoms with Crippen LogP contribution in [0.4, 0.5) is 0 Å². The first-order chi connectivity index (χ1) is 7.36. The van der Waals surface area contributed by atoms with Gasteiger partial charge in [-0.3, -0.25) is 4.79 Å². The molecule has 0 spiro atoms. The van der Waals surface area contributed by atoms with Crippen molar-refractivity contribution in [3.8, 4) is 0 Å². The van der Waals surface area contributed by atoms with Crippen molar-refractivity contribution in [1.82, 2.24) is 9.97 Å². The van der Waals surface area contributed by atoms with E-state index < -0.39 is 11.4 Å². The number of aliphatic carboxylic acids is 1. The number of carboxylic acid groups (broad SMARTS) is 1. The first-order valence-corrected chi connectivity index (χ1v) is 5.66. The fourth-order valence-electron chi connectivity index (χ4n) is 2.03. The van der Waals surface area contributed by atoms with Crippen molar-refractivity contribution in [2.45, 2.75) is 50.9 Å². The molecular formula is C12H18N2O2. The van der Waals surface area contributed by atoms with Crippen molar-refractivity contribution in [3.05, 3.63) is 17.7 Å². The predicted molar refractivity (Wildman–Crippen MR) is 60.5 cm³/mol. The lowest BCUT2D eigenvalue weighted by atomic mass is 9.68. The van der Waals surface area contributed by atoms with E-state index in [1.807, 2.05) is 0 Å². The number of aromatic nitrogens is 2. The number of imidazole rings is 1. The second kappa shape index (κ2) is 3.34. The summed E-state index contributed by atoms with van der Waals surface area (Å²) in [7, 11) is 0. The minimum absolute atomic E-state index is 0.0192. The molecule has 4 heteroatoms. The van der Waals surface area contributed by atoms with Crippen LogP contribution in [0.25, 0.3) is 0 Å². The molecule has 1 aliphatic carbocycles. The molecule has 0 radical (unpaired) electrons. The van der Waals surface area contributed by atoms with Gasteiger partial charge >= 0.3 is 5.97 Å². The van der Waals surface area contributed by atoms with Gasteiger partial charge < -0.3 is 10.1 Å². The lowest BCUT2D eigenvalue weighted by Gasteiger charge is -2.35. The van der Waals surface area contributed by atoms with Gasteiger partial charge in [0.15, 0.2) is 0 Å². The normalized spacial score (nSPS) is 19.2. The Morgan fingerprint density at radius 2 is 2.12 bits per heavy atom. The summed E-state index contributed by atoms with van der Waals surface area (Å²) in [6.45, 7) is 6.25. The number of H-pyrrole nitrogens is 1. The van der Waals surface area contributed by atoms with Gasteiger partial charge in [0.05, 0.1) is 0 Å². The third kappa shape index (κ3) is 1.52. The summed E-state index contributed by atoms with van der Waals surface area (Å²) in [6.07, 6.45) is 4.12. The average molecular weight is 222 g/mol. The zero-order valence-electron chi connectivity index (χ0n) is 10.0. The highest BCUT2D eigenvalue weighted by atomic mass is 16.4. The fourth-order valence-corrected chi connectivity index (χ4v) is 2.03. The van der Waals surface area contributed by atoms with Crippen LogP contribution in [0.2, 0.25) is 0 Å². The molecule has 88 valence electrons. The van der Waals surface area contributed by atoms with Crippen LogP contribution < -0.4 is 0 Å². The van der Waals surface area contributed by atoms with Crippen LogP contribution >= 0.6 is 0 Å². The number of nitrogens with zero attached hydrogens (tertiary/aromatic N) is 1. The Balaban J connectivity index is 2.35. The van der Waals surface area contributed by atoms with Crippen molar-refractivity contribution in [2.75, 3.05) is 0 Å². The Labute approximate surface area is 95.1 Å². The fraction of sp³-hybridized carbons (Fsp3) is 0.667. The molecule has 0 amide bonds. The monoisotopic (exact) mass is 222 g/mol. The number of carboxylic acids is 1. The quantitative estimate of drug-likeness (QED) is 0.806. The van der Waals surface area contributed by atoms with Crippen molar-refractivity contribution >= 4 is 5.97 Å². The van der Waals surface area contributed by atoms with Crippen LogP contribution in [0, 0.1) is 0 Å². The van der Waals surface area contributed by atoms with Crippen molar-refractivity contribution in [3.63, 3.8) is 0 Å². The van der Waals surface area contributed by atoms with E-state index in [-0.39, 0.29) is 5.41 Å². The first kappa shape index (κ1) is 11.2. The molecule has 0 saturated heterocycles. The largest absolute Gasteiger partial charge is 0.480 e. The Hall–Kier alpha value is -1.32. The second-order valence-electron chi connectivity index (χ2n) is 5.64. The van der Waals surface area contributed by atoms with E-state index in [1.165, 1.54) is 0 Å². The molecule has 2 N–H and O–H groups in total. The van der Waals surface area contributed by atoms with Crippen molar-refractivity contribution in [2.24, 2.45) is 0 Å². The topological polar surface area (TPSA) is 66.0 Å². The molecule has 0 bridgehead atoms. The maximum Gasteiger partial charge on any atom is 0.317 e. The highest BCUT2D eigenvalue weighted by molar-refractivity contribution is 5.81. The Kier molecular flexibility index (Phi) is 2.33. The molecule has 4 nitrogen and oxygen atoms in total. The molecule has 0 aliphatic heterocycles. The Morgan fingerprint density at radius 3 is 2.44 bits per heavy atom. The number of hydrogen-bond acceptors (Lipinski definition) is 2. The molecule has 0 aromatic carbocycles. The maximum absolute atomic E-state index is 11.3. The number of rotatable bonds is 2. The minimum atomic E-state index is -0.756. The lowest BCUT2D eigenvalue weighted by Crippen LogP contribution is -2.43. The van der Waals surface area contributed by atoms with E-state index in [0.29, 0.717) is 18.7 Å². The molecular weight excluding hydrogens is 204 g/mol. The van der Waals surface area contributed by atoms with Gasteiger partial charge in [0.2, 0.25) is 0 Å². The molecule has 1 aromatic rings. The van der Waals surface area contributed by atoms with E-state index in [2.05, 4.69) is 30.7 Å². The van der Waals surface area contributed by atoms with Gasteiger partial charge in [0, 0.05) is 17.3 Å². The smallest absolute Gasteiger partial charge is 0.317 e. The van der Waals surface area contributed by atoms with Gasteiger partial charge in [-0.2, -0.15) is 0 Å². The molecule has 1 fully saturated rings. The van der Waals surface area contributed by atoms with E-state index in [1.54, 1.807) is 6.20 Å². The van der Waals surface area contributed by atoms with Crippen LogP contribution in [-0.4, -0.2) is 21.0 Å². The number of nitrogens with one attached hydrogen (secondary N) is 1. The molecule has 1 aromatic heterocycles. The van der Waals surface area contributed by atoms with E-state index in [4.69, 9.17) is 0 Å². The predicted octanol–water partition coefficient (Wildman–Crippen LogP) is 2.21. The van der Waals surface area contributed by atoms with Gasteiger partial charge in [0.25, 0.3) is 0 Å². The van der Waals surface area contributed by atoms with Gasteiger partial charge in [-0.25, -0.2) is 4.98 Å². The van der Waals surface area contributed by atoms with E-state index >= 15 is 0 Å². The highest BCUT2D eigenvalue weighted by Crippen LogP contribution is 2.43. The van der Waals surface area contributed by atoms with Crippen LogP contribution in [0.3, 0.4) is 0 Å². The maximum atomic E-state index is 11.3. The van der Waals surface area contributed by atoms with Gasteiger partial charge in [-0.05, 0) is 12.8 Å². The van der Waals surface area contributed by atoms with Crippen LogP contribution in [0.5, 0.6) is 0 Å². The van der Waals surface area contributed by atoms with Gasteiger partial charge in [-0.15, -0.1) is 0 Å². The SMILES string of the molecule is CC(C)(C)c1cnc(C2(C(=O)O)CCC2)[nH]1. The number of hydrogen-bond donors (Lipinski definition) is 2. The molecule has 2 rings (SSSR count). The molecule has 0 atom stereocenters. The molecule has 1 saturated carbocycles. The summed E-state index contributed by atoms with van der Waals surface area (Å²) in [5.41, 5.74) is 0.230. The molecule has 0 unspecified atom stereocenters. The number of carbonyl (C=O) groups is 1. The lowest BCUT2D eigenvalue weighted by molar-refractivity contribution is -0.147. The number of aromatic amines is 1. The summed E-state index contributed by atoms with van der Waals surface area (Å²) < 4.78 is 0. The van der Waals surface area contributed by atoms with Gasteiger partial charge in [-0.1, -0.05) is 27.2 Å². The van der Waals surface area contributed by atoms with Crippen LogP contribution in [0.15, 0.2) is 6.20 Å². The summed E-state index contributed by atoms with van der Waals surface area (Å²) in [5.74, 6) is -0.135. The molecule has 16 heavy (non-hydrogen) atoms. The zero-order chi connectivity index (χ0) is 12.0. The van der Waals surface area contributed by atoms with Crippen LogP contribution in [-0.2, 0) is 15.6 Å². The average Bonchev–Trinajstić information content (AvgIpc) is 2.48. The summed E-state index contributed by atoms with van der Waals surface area (Å²) in [6, 6.07) is 0. The second-order valence-corrected chi connectivity index (χ2v) is 5.64. The Bertz CT molecular complexity index is 411. The summed E-state index contributed by atoms with van der Waals surface area (Å²) >= 11 is 0. The van der Waals surface area contributed by atoms with Crippen molar-refractivity contribution in [1.29, 1.82) is 0 Å². The highest BCUT2D eigenvalue weighted by Gasteiger charge is 2.48. The first-order valence-electron chi connectivity index (χ1n) is 5.66. The standard InChI is InChI=1S/C12H18N2O2/c1-11(2,3)8-7-13-9(14-8)12(10(15)16)5-4-6-12/h7H,4-6H2,1-3H3,(H,13,14)(H,15,16). The zero-order valence-corrected chi connectivity index (χ0v) is 10.0. The third-order valence-electron chi connectivity index (χ3n) is 3.45. The van der Waals surface area contributed by atoms with E-state index in [9.17, 15) is 9.90 Å². The molecule has 1 heterocycles. The minimum Gasteiger partial charge on any atom is -0.480 e. The Morgan fingerprint density at radius 1 is 1.50 bits per heavy atom. The third-order valence-corrected chi connectivity index (χ3v) is 3.45. The van der Waals surface area contributed by atoms with Gasteiger partial charge in [0.1, 0.15) is 11.2 Å². The summed E-state index contributed by atoms with van der Waals surface area (Å²) in [5, 5.41) is 9.29. The summed E-state index contributed by atoms with van der Waals surface area (Å²) in [4.78, 5) is 18.7.